The van der Waals surface area contributed by atoms with Gasteiger partial charge >= 0.3 is 0 Å². The summed E-state index contributed by atoms with van der Waals surface area (Å²) in [6, 6.07) is 0.464. The maximum Gasteiger partial charge on any atom is 0.265 e. The van der Waals surface area contributed by atoms with Crippen LogP contribution in [-0.2, 0) is 0 Å². The van der Waals surface area contributed by atoms with E-state index < -0.39 is 0 Å². The Bertz CT molecular complexity index is 418. The van der Waals surface area contributed by atoms with Crippen LogP contribution in [0.1, 0.15) is 30.4 Å². The largest absolute Gasteiger partial charge is 0.382 e. The first-order valence-corrected chi connectivity index (χ1v) is 7.26. The number of amides is 1. The number of nitrogens with one attached hydrogen (secondary N) is 2. The fourth-order valence-electron chi connectivity index (χ4n) is 1.41. The molecule has 1 aromatic rings. The summed E-state index contributed by atoms with van der Waals surface area (Å²) in [6.45, 7) is 8.37. The molecule has 4 N–H and O–H groups in total. The van der Waals surface area contributed by atoms with Crippen molar-refractivity contribution in [1.82, 2.24) is 15.2 Å². The summed E-state index contributed by atoms with van der Waals surface area (Å²) in [5.74, 6) is 0.131. The van der Waals surface area contributed by atoms with Crippen molar-refractivity contribution in [2.24, 2.45) is 0 Å². The minimum atomic E-state index is -0.156. The van der Waals surface area contributed by atoms with Gasteiger partial charge in [0.2, 0.25) is 0 Å². The van der Waals surface area contributed by atoms with E-state index in [1.807, 2.05) is 14.0 Å². The molecule has 0 aliphatic rings. The maximum absolute atomic E-state index is 12.0. The number of carbonyl (C=O) groups is 1. The Labute approximate surface area is 118 Å². The van der Waals surface area contributed by atoms with Crippen molar-refractivity contribution in [3.05, 3.63) is 4.88 Å². The summed E-state index contributed by atoms with van der Waals surface area (Å²) < 4.78 is 0. The van der Waals surface area contributed by atoms with Gasteiger partial charge in [0.25, 0.3) is 5.91 Å². The molecule has 0 spiro atoms. The van der Waals surface area contributed by atoms with E-state index in [9.17, 15) is 4.79 Å². The van der Waals surface area contributed by atoms with Gasteiger partial charge in [-0.3, -0.25) is 4.79 Å². The Morgan fingerprint density at radius 1 is 1.53 bits per heavy atom. The van der Waals surface area contributed by atoms with Crippen LogP contribution in [0.15, 0.2) is 0 Å². The number of hydrogen-bond donors (Lipinski definition) is 3. The third kappa shape index (κ3) is 4.68. The lowest BCUT2D eigenvalue weighted by molar-refractivity contribution is 0.0953. The van der Waals surface area contributed by atoms with E-state index in [1.165, 1.54) is 11.3 Å². The molecule has 1 heterocycles. The molecule has 0 saturated carbocycles. The Morgan fingerprint density at radius 3 is 2.79 bits per heavy atom. The minimum Gasteiger partial charge on any atom is -0.382 e. The predicted molar refractivity (Wildman–Crippen MR) is 80.8 cm³/mol. The highest BCUT2D eigenvalue weighted by Crippen LogP contribution is 2.24. The lowest BCUT2D eigenvalue weighted by atomic mass is 10.3. The lowest BCUT2D eigenvalue weighted by Gasteiger charge is -2.20. The highest BCUT2D eigenvalue weighted by molar-refractivity contribution is 7.18. The second-order valence-electron chi connectivity index (χ2n) is 4.59. The number of carbonyl (C=O) groups excluding carboxylic acids is 1. The van der Waals surface area contributed by atoms with Gasteiger partial charge in [-0.25, -0.2) is 4.98 Å². The number of anilines is 2. The molecule has 7 heteroatoms. The number of likely N-dealkylation sites (N-methyl/N-ethyl adjacent to an activating group) is 1. The molecule has 0 aliphatic heterocycles. The molecule has 108 valence electrons. The number of nitrogens with two attached hydrogens (primary N) is 1. The number of rotatable bonds is 7. The zero-order chi connectivity index (χ0) is 14.4. The van der Waals surface area contributed by atoms with Crippen LogP contribution in [0.25, 0.3) is 0 Å². The van der Waals surface area contributed by atoms with E-state index in [0.29, 0.717) is 22.6 Å². The second kappa shape index (κ2) is 7.30. The van der Waals surface area contributed by atoms with Gasteiger partial charge in [-0.1, -0.05) is 11.3 Å². The Morgan fingerprint density at radius 2 is 2.21 bits per heavy atom. The fourth-order valence-corrected chi connectivity index (χ4v) is 2.27. The van der Waals surface area contributed by atoms with Gasteiger partial charge < -0.3 is 21.3 Å². The van der Waals surface area contributed by atoms with Crippen LogP contribution < -0.4 is 16.4 Å². The molecule has 19 heavy (non-hydrogen) atoms. The van der Waals surface area contributed by atoms with Crippen molar-refractivity contribution < 1.29 is 4.79 Å². The van der Waals surface area contributed by atoms with E-state index in [2.05, 4.69) is 34.4 Å². The summed E-state index contributed by atoms with van der Waals surface area (Å²) in [5.41, 5.74) is 5.74. The number of hydrogen-bond acceptors (Lipinski definition) is 6. The van der Waals surface area contributed by atoms with Crippen molar-refractivity contribution >= 4 is 28.2 Å². The number of thiazole rings is 1. The molecule has 1 aromatic heterocycles. The number of nitrogens with zero attached hydrogens (tertiary/aromatic N) is 2. The zero-order valence-corrected chi connectivity index (χ0v) is 12.8. The van der Waals surface area contributed by atoms with E-state index in [-0.39, 0.29) is 11.7 Å². The zero-order valence-electron chi connectivity index (χ0n) is 12.0. The molecular weight excluding hydrogens is 262 g/mol. The van der Waals surface area contributed by atoms with Crippen molar-refractivity contribution in [3.63, 3.8) is 0 Å². The maximum atomic E-state index is 12.0. The van der Waals surface area contributed by atoms with Crippen LogP contribution in [0.4, 0.5) is 10.9 Å². The fraction of sp³-hybridized carbons (Fsp3) is 0.667. The average molecular weight is 285 g/mol. The first-order chi connectivity index (χ1) is 8.95. The van der Waals surface area contributed by atoms with E-state index in [4.69, 9.17) is 5.73 Å². The van der Waals surface area contributed by atoms with Gasteiger partial charge in [0.15, 0.2) is 5.13 Å². The normalized spacial score (nSPS) is 11.1. The standard InChI is InChI=1S/C12H23N5OS/c1-5-14-12-16-10(13)9(19-12)11(18)15-6-7-17(4)8(2)3/h8H,5-7,13H2,1-4H3,(H,14,16)(H,15,18). The third-order valence-electron chi connectivity index (χ3n) is 2.82. The molecule has 1 rings (SSSR count). The van der Waals surface area contributed by atoms with E-state index in [0.717, 1.165) is 13.1 Å². The topological polar surface area (TPSA) is 83.3 Å². The van der Waals surface area contributed by atoms with Gasteiger partial charge in [0.05, 0.1) is 0 Å². The second-order valence-corrected chi connectivity index (χ2v) is 5.59. The summed E-state index contributed by atoms with van der Waals surface area (Å²) in [6.07, 6.45) is 0. The van der Waals surface area contributed by atoms with Gasteiger partial charge in [-0.15, -0.1) is 0 Å². The molecule has 0 radical (unpaired) electrons. The van der Waals surface area contributed by atoms with Gasteiger partial charge in [-0.05, 0) is 27.8 Å². The van der Waals surface area contributed by atoms with Crippen molar-refractivity contribution in [1.29, 1.82) is 0 Å². The molecule has 1 amide bonds. The molecule has 6 nitrogen and oxygen atoms in total. The number of aromatic nitrogens is 1. The van der Waals surface area contributed by atoms with Crippen molar-refractivity contribution in [2.45, 2.75) is 26.8 Å². The van der Waals surface area contributed by atoms with Gasteiger partial charge in [0.1, 0.15) is 10.7 Å². The summed E-state index contributed by atoms with van der Waals surface area (Å²) >= 11 is 1.28. The van der Waals surface area contributed by atoms with E-state index >= 15 is 0 Å². The molecule has 0 aliphatic carbocycles. The average Bonchev–Trinajstić information content (AvgIpc) is 2.70. The van der Waals surface area contributed by atoms with Crippen LogP contribution >= 0.6 is 11.3 Å². The molecule has 0 aromatic carbocycles. The number of nitrogen functional groups attached to an aromatic ring is 1. The molecule has 0 unspecified atom stereocenters. The lowest BCUT2D eigenvalue weighted by Crippen LogP contribution is -2.36. The molecule has 0 atom stereocenters. The summed E-state index contributed by atoms with van der Waals surface area (Å²) in [4.78, 5) is 18.7. The SMILES string of the molecule is CCNc1nc(N)c(C(=O)NCCN(C)C(C)C)s1. The molecule has 0 bridgehead atoms. The first-order valence-electron chi connectivity index (χ1n) is 6.44. The van der Waals surface area contributed by atoms with Gasteiger partial charge in [-0.2, -0.15) is 0 Å². The Kier molecular flexibility index (Phi) is 6.04. The predicted octanol–water partition coefficient (Wildman–Crippen LogP) is 1.23. The van der Waals surface area contributed by atoms with Crippen LogP contribution in [-0.4, -0.2) is 48.5 Å². The monoisotopic (exact) mass is 285 g/mol. The summed E-state index contributed by atoms with van der Waals surface area (Å²) in [5, 5.41) is 6.60. The van der Waals surface area contributed by atoms with Crippen molar-refractivity contribution in [2.75, 3.05) is 37.7 Å². The van der Waals surface area contributed by atoms with Crippen LogP contribution in [0.2, 0.25) is 0 Å². The highest BCUT2D eigenvalue weighted by Gasteiger charge is 2.15. The van der Waals surface area contributed by atoms with E-state index in [1.54, 1.807) is 0 Å². The quantitative estimate of drug-likeness (QED) is 0.702. The minimum absolute atomic E-state index is 0.156. The highest BCUT2D eigenvalue weighted by atomic mass is 32.1. The Balaban J connectivity index is 2.49. The summed E-state index contributed by atoms with van der Waals surface area (Å²) in [7, 11) is 2.03. The molecule has 0 saturated heterocycles. The van der Waals surface area contributed by atoms with Crippen LogP contribution in [0.5, 0.6) is 0 Å². The van der Waals surface area contributed by atoms with Crippen LogP contribution in [0, 0.1) is 0 Å². The Hall–Kier alpha value is -1.34. The molecular formula is C12H23N5OS. The molecule has 0 fully saturated rings. The smallest absolute Gasteiger partial charge is 0.265 e. The van der Waals surface area contributed by atoms with Gasteiger partial charge in [0, 0.05) is 25.7 Å². The first kappa shape index (κ1) is 15.7. The third-order valence-corrected chi connectivity index (χ3v) is 3.85. The van der Waals surface area contributed by atoms with Crippen molar-refractivity contribution in [3.8, 4) is 0 Å². The van der Waals surface area contributed by atoms with Crippen LogP contribution in [0.3, 0.4) is 0 Å².